The van der Waals surface area contributed by atoms with Crippen molar-refractivity contribution in [2.24, 2.45) is 0 Å². The molecule has 8 heteroatoms. The first kappa shape index (κ1) is 14.6. The van der Waals surface area contributed by atoms with Crippen molar-refractivity contribution in [1.29, 1.82) is 0 Å². The summed E-state index contributed by atoms with van der Waals surface area (Å²) in [5, 5.41) is 0.422. The normalized spacial score (nSPS) is 11.8. The summed E-state index contributed by atoms with van der Waals surface area (Å²) >= 11 is 0.861. The van der Waals surface area contributed by atoms with E-state index in [0.717, 1.165) is 17.4 Å². The molecule has 108 valence electrons. The molecular formula is C12H12F3N2O2S+. The number of aromatic nitrogens is 1. The number of carbonyl (C=O) groups excluding carboxylic acids is 1. The highest BCUT2D eigenvalue weighted by Gasteiger charge is 2.39. The summed E-state index contributed by atoms with van der Waals surface area (Å²) < 4.78 is 43.0. The zero-order valence-electron chi connectivity index (χ0n) is 10.7. The number of esters is 1. The van der Waals surface area contributed by atoms with Gasteiger partial charge in [-0.15, -0.1) is 0 Å². The molecule has 2 aromatic rings. The largest absolute Gasteiger partial charge is 0.477 e. The Hall–Kier alpha value is -1.83. The fourth-order valence-corrected chi connectivity index (χ4v) is 2.96. The first-order valence-electron chi connectivity index (χ1n) is 5.75. The van der Waals surface area contributed by atoms with Gasteiger partial charge >= 0.3 is 12.1 Å². The maximum atomic E-state index is 12.7. The second-order valence-electron chi connectivity index (χ2n) is 4.13. The predicted octanol–water partition coefficient (Wildman–Crippen LogP) is 2.80. The molecule has 2 aromatic heterocycles. The van der Waals surface area contributed by atoms with E-state index in [1.807, 2.05) is 0 Å². The molecule has 0 spiro atoms. The number of carbonyl (C=O) groups is 1. The number of ether oxygens (including phenoxy) is 1. The highest BCUT2D eigenvalue weighted by atomic mass is 32.1. The highest BCUT2D eigenvalue weighted by Crippen LogP contribution is 2.36. The Balaban J connectivity index is 2.65. The van der Waals surface area contributed by atoms with Gasteiger partial charge in [-0.3, -0.25) is 0 Å². The molecule has 3 N–H and O–H groups in total. The summed E-state index contributed by atoms with van der Waals surface area (Å²) in [5.41, 5.74) is 5.46. The molecule has 0 aliphatic rings. The number of halogens is 3. The quantitative estimate of drug-likeness (QED) is 0.868. The number of nitrogens with one attached hydrogen (secondary N) is 1. The molecule has 0 atom stereocenters. The van der Waals surface area contributed by atoms with Crippen LogP contribution in [0, 0.1) is 6.92 Å². The molecule has 2 rings (SSSR count). The summed E-state index contributed by atoms with van der Waals surface area (Å²) in [7, 11) is 0. The minimum atomic E-state index is -4.48. The molecule has 0 aliphatic carbocycles. The van der Waals surface area contributed by atoms with Crippen LogP contribution in [0.1, 0.15) is 27.9 Å². The molecule has 0 fully saturated rings. The van der Waals surface area contributed by atoms with Crippen LogP contribution >= 0.6 is 11.3 Å². The molecule has 0 radical (unpaired) electrons. The van der Waals surface area contributed by atoms with Crippen LogP contribution in [-0.2, 0) is 10.9 Å². The maximum Gasteiger partial charge on any atom is 0.477 e. The van der Waals surface area contributed by atoms with Gasteiger partial charge < -0.3 is 10.5 Å². The van der Waals surface area contributed by atoms with Gasteiger partial charge in [0.2, 0.25) is 0 Å². The molecular weight excluding hydrogens is 293 g/mol. The average molecular weight is 305 g/mol. The molecule has 0 aliphatic heterocycles. The second-order valence-corrected chi connectivity index (χ2v) is 5.15. The summed E-state index contributed by atoms with van der Waals surface area (Å²) in [6, 6.07) is 0.973. The Morgan fingerprint density at radius 2 is 2.15 bits per heavy atom. The third-order valence-electron chi connectivity index (χ3n) is 2.71. The predicted molar refractivity (Wildman–Crippen MR) is 68.5 cm³/mol. The number of anilines is 1. The topological polar surface area (TPSA) is 66.5 Å². The van der Waals surface area contributed by atoms with E-state index in [9.17, 15) is 18.0 Å². The molecule has 0 bridgehead atoms. The van der Waals surface area contributed by atoms with Gasteiger partial charge in [0.15, 0.2) is 0 Å². The molecule has 0 aromatic carbocycles. The second kappa shape index (κ2) is 4.93. The number of aryl methyl sites for hydroxylation is 1. The SMILES string of the molecule is CCOC(=O)c1sc2[nH+]c(C(F)(F)F)cc(C)c2c1N. The van der Waals surface area contributed by atoms with E-state index < -0.39 is 17.8 Å². The van der Waals surface area contributed by atoms with Crippen LogP contribution in [0.15, 0.2) is 6.07 Å². The standard InChI is InChI=1S/C12H11F3N2O2S/c1-3-19-11(18)9-8(16)7-5(2)4-6(12(13,14)15)17-10(7)20-9/h4H,3,16H2,1-2H3/p+1. The Bertz CT molecular complexity index is 679. The first-order chi connectivity index (χ1) is 9.25. The number of nitrogens with two attached hydrogens (primary N) is 1. The van der Waals surface area contributed by atoms with E-state index in [1.165, 1.54) is 6.92 Å². The lowest BCUT2D eigenvalue weighted by molar-refractivity contribution is -0.396. The van der Waals surface area contributed by atoms with Crippen molar-refractivity contribution in [2.75, 3.05) is 12.3 Å². The van der Waals surface area contributed by atoms with Crippen LogP contribution in [0.4, 0.5) is 18.9 Å². The Labute approximate surface area is 116 Å². The van der Waals surface area contributed by atoms with Crippen molar-refractivity contribution in [2.45, 2.75) is 20.0 Å². The molecule has 0 unspecified atom stereocenters. The molecule has 20 heavy (non-hydrogen) atoms. The fourth-order valence-electron chi connectivity index (χ4n) is 1.87. The molecule has 4 nitrogen and oxygen atoms in total. The van der Waals surface area contributed by atoms with Gasteiger partial charge in [0.1, 0.15) is 4.88 Å². The summed E-state index contributed by atoms with van der Waals surface area (Å²) in [6.07, 6.45) is -4.48. The van der Waals surface area contributed by atoms with E-state index in [-0.39, 0.29) is 22.0 Å². The minimum absolute atomic E-state index is 0.112. The Kier molecular flexibility index (Phi) is 3.59. The molecule has 0 amide bonds. The van der Waals surface area contributed by atoms with E-state index in [2.05, 4.69) is 4.98 Å². The lowest BCUT2D eigenvalue weighted by atomic mass is 10.1. The molecule has 2 heterocycles. The number of thiophene rings is 1. The number of pyridine rings is 1. The van der Waals surface area contributed by atoms with Gasteiger partial charge in [0.05, 0.1) is 17.7 Å². The molecule has 0 saturated heterocycles. The summed E-state index contributed by atoms with van der Waals surface area (Å²) in [6.45, 7) is 3.33. The smallest absolute Gasteiger partial charge is 0.462 e. The van der Waals surface area contributed by atoms with Gasteiger partial charge in [0, 0.05) is 6.07 Å². The number of nitrogen functional groups attached to an aromatic ring is 1. The third-order valence-corrected chi connectivity index (χ3v) is 3.82. The Morgan fingerprint density at radius 3 is 2.70 bits per heavy atom. The van der Waals surface area contributed by atoms with Crippen LogP contribution in [0.5, 0.6) is 0 Å². The number of rotatable bonds is 2. The minimum Gasteiger partial charge on any atom is -0.462 e. The van der Waals surface area contributed by atoms with Crippen molar-refractivity contribution >= 4 is 33.2 Å². The highest BCUT2D eigenvalue weighted by molar-refractivity contribution is 7.20. The number of H-pyrrole nitrogens is 1. The van der Waals surface area contributed by atoms with Crippen LogP contribution in [0.25, 0.3) is 10.2 Å². The van der Waals surface area contributed by atoms with Gasteiger partial charge in [-0.05, 0) is 19.4 Å². The lowest BCUT2D eigenvalue weighted by Gasteiger charge is -2.02. The first-order valence-corrected chi connectivity index (χ1v) is 6.56. The van der Waals surface area contributed by atoms with Crippen LogP contribution in [-0.4, -0.2) is 12.6 Å². The van der Waals surface area contributed by atoms with Crippen molar-refractivity contribution < 1.29 is 27.7 Å². The number of alkyl halides is 3. The monoisotopic (exact) mass is 305 g/mol. The number of hydrogen-bond donors (Lipinski definition) is 1. The third kappa shape index (κ3) is 2.43. The van der Waals surface area contributed by atoms with Crippen molar-refractivity contribution in [3.05, 3.63) is 22.2 Å². The summed E-state index contributed by atoms with van der Waals surface area (Å²) in [5.74, 6) is -0.632. The van der Waals surface area contributed by atoms with Gasteiger partial charge in [-0.25, -0.2) is 4.79 Å². The van der Waals surface area contributed by atoms with Crippen molar-refractivity contribution in [3.8, 4) is 0 Å². The number of hydrogen-bond acceptors (Lipinski definition) is 4. The van der Waals surface area contributed by atoms with E-state index in [0.29, 0.717) is 10.9 Å². The summed E-state index contributed by atoms with van der Waals surface area (Å²) in [4.78, 5) is 14.3. The average Bonchev–Trinajstić information content (AvgIpc) is 2.66. The van der Waals surface area contributed by atoms with Gasteiger partial charge in [-0.2, -0.15) is 18.2 Å². The zero-order valence-corrected chi connectivity index (χ0v) is 11.5. The number of aromatic amines is 1. The van der Waals surface area contributed by atoms with Crippen molar-refractivity contribution in [3.63, 3.8) is 0 Å². The fraction of sp³-hybridized carbons (Fsp3) is 0.333. The maximum absolute atomic E-state index is 12.7. The lowest BCUT2D eigenvalue weighted by Crippen LogP contribution is -2.21. The van der Waals surface area contributed by atoms with E-state index in [1.54, 1.807) is 6.92 Å². The zero-order chi connectivity index (χ0) is 15.1. The van der Waals surface area contributed by atoms with Crippen LogP contribution in [0.3, 0.4) is 0 Å². The van der Waals surface area contributed by atoms with Crippen molar-refractivity contribution in [1.82, 2.24) is 0 Å². The van der Waals surface area contributed by atoms with E-state index >= 15 is 0 Å². The van der Waals surface area contributed by atoms with Gasteiger partial charge in [0.25, 0.3) is 10.5 Å². The Morgan fingerprint density at radius 1 is 1.50 bits per heavy atom. The van der Waals surface area contributed by atoms with Gasteiger partial charge in [-0.1, -0.05) is 11.3 Å². The molecule has 0 saturated carbocycles. The number of fused-ring (bicyclic) bond motifs is 1. The van der Waals surface area contributed by atoms with Crippen LogP contribution in [0.2, 0.25) is 0 Å². The van der Waals surface area contributed by atoms with Crippen LogP contribution < -0.4 is 10.7 Å². The van der Waals surface area contributed by atoms with E-state index in [4.69, 9.17) is 10.5 Å².